The first-order valence-corrected chi connectivity index (χ1v) is 48.0. The van der Waals surface area contributed by atoms with E-state index in [1.807, 2.05) is 49.0 Å². The zero-order chi connectivity index (χ0) is 87.8. The summed E-state index contributed by atoms with van der Waals surface area (Å²) in [5, 5.41) is 13.3. The van der Waals surface area contributed by atoms with Crippen LogP contribution in [0.4, 0.5) is 27.4 Å². The standard InChI is InChI=1S/C36H46N8O2.C31H38N6O.C9H21O6P3.C6H11NO2.C6H15N.CH3F/c1-26-10-6-11-27-12-7-13-31(35(26)27)42-19-16-29-30(24-42)38-32(25-46-34-15-9-18-41(34)5)39-36(29)43-20-21-44(28(23-43)22-37-2)33(45)14-8-17-40(3)4;1-22-8-4-10-24-11-5-12-27(30(22)24)36-17-14-25-26(20-36)33-28(21-38-29-13-7-15-35(29)3)34-31(25)37-16-6-9-23(19-37)18-32-2;1-4-7-16(10)13-17(11,8-5-2)15-18(12,14-16)9-6-3;1-7(2)5-3-4-6(8)9;1-4-7(5-2)6-3;1-2/h6-8,10-14,28,34H,9,15-25H2,1,3-5H3;4-5,8,10-12,23,29H,6-7,9,13-21H2,1,3H3;4-9H2,1-3H3;3-4H,5H2,1-2H3,(H,8,9);4-6H2,1-3H3;1H3/b14-8+;;;4-3+;;/t28-,34+;23-,29+;;;;/m00..../s1/i;;;;;1D. The molecule has 7 aliphatic rings. The first-order chi connectivity index (χ1) is 58.1. The summed E-state index contributed by atoms with van der Waals surface area (Å²) in [6, 6.07) is 26.0. The number of piperazine rings is 1. The molecule has 1 amide bonds. The largest absolute Gasteiger partial charge is 0.478 e. The molecule has 4 aromatic carbocycles. The Hall–Kier alpha value is -7.62. The van der Waals surface area contributed by atoms with E-state index in [0.717, 1.165) is 126 Å². The highest BCUT2D eigenvalue weighted by Crippen LogP contribution is 2.82. The minimum Gasteiger partial charge on any atom is -0.478 e. The molecule has 31 heteroatoms. The Morgan fingerprint density at radius 1 is 0.583 bits per heavy atom. The molecule has 0 spiro atoms. The molecule has 27 nitrogen and oxygen atoms in total. The van der Waals surface area contributed by atoms with E-state index in [9.17, 15) is 27.7 Å². The number of carboxylic acids is 1. The quantitative estimate of drug-likeness (QED) is 0.0286. The molecule has 0 aliphatic carbocycles. The number of nitrogens with zero attached hydrogens (tertiary/aromatic N) is 16. The second-order valence-corrected chi connectivity index (χ2v) is 39.1. The first-order valence-electron chi connectivity index (χ1n) is 43.5. The number of rotatable bonds is 27. The third kappa shape index (κ3) is 27.9. The molecule has 4 atom stereocenters. The number of halogens is 1. The van der Waals surface area contributed by atoms with Gasteiger partial charge in [0.2, 0.25) is 19.0 Å². The summed E-state index contributed by atoms with van der Waals surface area (Å²) in [5.41, 5.74) is 9.70. The molecule has 6 aromatic rings. The average molecular weight is 1720 g/mol. The van der Waals surface area contributed by atoms with Gasteiger partial charge in [-0.2, -0.15) is 0 Å². The van der Waals surface area contributed by atoms with Crippen molar-refractivity contribution in [1.29, 1.82) is 0 Å². The molecule has 7 aliphatic heterocycles. The molecule has 0 unspecified atom stereocenters. The zero-order valence-electron chi connectivity index (χ0n) is 74.7. The molecule has 2 aromatic heterocycles. The van der Waals surface area contributed by atoms with Gasteiger partial charge in [0.15, 0.2) is 11.6 Å². The summed E-state index contributed by atoms with van der Waals surface area (Å²) in [6.45, 7) is 47.0. The SMILES string of the molecule is CCCP1(=O)OP(=O)(CCC)OP(=O)(CCC)O1.CCN(CC)CC.CN(C)C/C=C/C(=O)O.[2H]CF.[C-]#[N+]C[C@@H]1CCCN(c2nc(CO[C@@H]3CCCN3C)nc3c2CCN(c2cccc4cccc(C)c24)C3)C1.[C-]#[N+]C[C@H]1CN(c2nc(CO[C@@H]3CCCN3C)nc3c2CCN(c2cccc4cccc(C)c24)C3)CCN1C(=O)/C=C/CN(C)C. The second kappa shape index (κ2) is 48.4. The Labute approximate surface area is 715 Å². The molecule has 13 rings (SSSR count). The van der Waals surface area contributed by atoms with Crippen molar-refractivity contribution in [3.63, 3.8) is 0 Å². The minimum atomic E-state index is -3.57. The molecular weight excluding hydrogens is 1580 g/mol. The number of fused-ring (bicyclic) bond motifs is 4. The van der Waals surface area contributed by atoms with Gasteiger partial charge in [-0.05, 0) is 180 Å². The van der Waals surface area contributed by atoms with Gasteiger partial charge in [-0.3, -0.25) is 32.7 Å². The number of likely N-dealkylation sites (tertiary alicyclic amines) is 2. The summed E-state index contributed by atoms with van der Waals surface area (Å²) in [4.78, 5) is 73.3. The fraction of sp³-hybridized carbons (Fsp3) is 0.596. The lowest BCUT2D eigenvalue weighted by molar-refractivity contribution is -0.131. The maximum Gasteiger partial charge on any atom is 0.345 e. The van der Waals surface area contributed by atoms with Crippen LogP contribution in [0.3, 0.4) is 0 Å². The van der Waals surface area contributed by atoms with Crippen molar-refractivity contribution in [2.75, 3.05) is 192 Å². The molecule has 0 saturated carbocycles. The Morgan fingerprint density at radius 3 is 1.40 bits per heavy atom. The van der Waals surface area contributed by atoms with E-state index in [2.05, 4.69) is 165 Å². The van der Waals surface area contributed by atoms with E-state index in [1.54, 1.807) is 32.9 Å². The van der Waals surface area contributed by atoms with E-state index >= 15 is 0 Å². The third-order valence-electron chi connectivity index (χ3n) is 22.3. The van der Waals surface area contributed by atoms with Crippen molar-refractivity contribution in [2.45, 2.75) is 171 Å². The van der Waals surface area contributed by atoms with Crippen molar-refractivity contribution in [3.8, 4) is 0 Å². The van der Waals surface area contributed by atoms with Crippen LogP contribution in [0, 0.1) is 32.9 Å². The predicted molar refractivity (Wildman–Crippen MR) is 482 cm³/mol. The predicted octanol–water partition coefficient (Wildman–Crippen LogP) is 16.3. The van der Waals surface area contributed by atoms with Crippen molar-refractivity contribution in [3.05, 3.63) is 165 Å². The Morgan fingerprint density at radius 2 is 1.01 bits per heavy atom. The van der Waals surface area contributed by atoms with Gasteiger partial charge < -0.3 is 63.5 Å². The number of amides is 1. The highest BCUT2D eigenvalue weighted by atomic mass is 31.3. The van der Waals surface area contributed by atoms with Crippen LogP contribution < -0.4 is 19.6 Å². The number of hydrogen-bond donors (Lipinski definition) is 1. The third-order valence-corrected chi connectivity index (χ3v) is 31.3. The van der Waals surface area contributed by atoms with Crippen molar-refractivity contribution < 1.29 is 56.6 Å². The number of aromatic nitrogens is 4. The molecule has 0 bridgehead atoms. The summed E-state index contributed by atoms with van der Waals surface area (Å²) in [5.74, 6) is 2.98. The summed E-state index contributed by atoms with van der Waals surface area (Å²) in [6.07, 6.45) is 16.8. The lowest BCUT2D eigenvalue weighted by Crippen LogP contribution is -2.56. The van der Waals surface area contributed by atoms with Crippen LogP contribution in [0.5, 0.6) is 0 Å². The zero-order valence-corrected chi connectivity index (χ0v) is 76.4. The van der Waals surface area contributed by atoms with Crippen molar-refractivity contribution in [2.24, 2.45) is 5.92 Å². The number of alkyl halides is 1. The number of likely N-dealkylation sites (N-methyl/N-ethyl adjacent to an activating group) is 2. The molecule has 658 valence electrons. The average Bonchev–Trinajstić information content (AvgIpc) is 1.67. The fourth-order valence-electron chi connectivity index (χ4n) is 16.4. The van der Waals surface area contributed by atoms with Gasteiger partial charge in [0.25, 0.3) is 0 Å². The van der Waals surface area contributed by atoms with Gasteiger partial charge in [-0.15, -0.1) is 0 Å². The Kier molecular flexibility index (Phi) is 38.8. The molecule has 0 radical (unpaired) electrons. The highest BCUT2D eigenvalue weighted by molar-refractivity contribution is 7.80. The lowest BCUT2D eigenvalue weighted by atomic mass is 9.96. The maximum atomic E-state index is 13.2. The smallest absolute Gasteiger partial charge is 0.345 e. The van der Waals surface area contributed by atoms with Crippen LogP contribution in [-0.4, -0.2) is 257 Å². The Balaban J connectivity index is 0.000000215. The first kappa shape index (κ1) is 96.2. The van der Waals surface area contributed by atoms with Crippen LogP contribution in [-0.2, 0) is 84.8 Å². The number of ether oxygens (including phenoxy) is 2. The molecule has 5 fully saturated rings. The monoisotopic (exact) mass is 1720 g/mol. The number of carboxylic acid groups (broad SMARTS) is 1. The summed E-state index contributed by atoms with van der Waals surface area (Å²) < 4.78 is 80.4. The number of piperidine rings is 1. The van der Waals surface area contributed by atoms with Crippen LogP contribution in [0.25, 0.3) is 31.2 Å². The topological polar surface area (TPSA) is 244 Å². The second-order valence-electron chi connectivity index (χ2n) is 32.1. The van der Waals surface area contributed by atoms with Crippen LogP contribution in [0.15, 0.2) is 97.1 Å². The van der Waals surface area contributed by atoms with Gasteiger partial charge in [-0.1, -0.05) is 114 Å². The number of benzene rings is 4. The molecular formula is C89H134FN16O11P3. The lowest BCUT2D eigenvalue weighted by Gasteiger charge is -2.41. The van der Waals surface area contributed by atoms with Crippen molar-refractivity contribution in [1.82, 2.24) is 49.3 Å². The Bertz CT molecular complexity index is 4530. The number of aliphatic carboxylic acids is 1. The number of hydrogen-bond acceptors (Lipinski definition) is 23. The van der Waals surface area contributed by atoms with E-state index < -0.39 is 35.9 Å². The van der Waals surface area contributed by atoms with Gasteiger partial charge in [-0.25, -0.2) is 50.8 Å². The van der Waals surface area contributed by atoms with E-state index in [0.29, 0.717) is 90.0 Å². The van der Waals surface area contributed by atoms with Gasteiger partial charge in [0, 0.05) is 123 Å². The number of carbonyl (C=O) groups excluding carboxylic acids is 1. The van der Waals surface area contributed by atoms with E-state index in [-0.39, 0.29) is 49.4 Å². The fourth-order valence-corrected chi connectivity index (χ4v) is 25.7. The minimum absolute atomic E-state index is 0.0318. The van der Waals surface area contributed by atoms with Crippen molar-refractivity contribution >= 4 is 79.2 Å². The normalized spacial score (nSPS) is 22.6. The van der Waals surface area contributed by atoms with Crippen LogP contribution in [0.1, 0.15) is 146 Å². The molecule has 1 N–H and O–H groups in total. The van der Waals surface area contributed by atoms with E-state index in [1.165, 1.54) is 81.2 Å². The van der Waals surface area contributed by atoms with Gasteiger partial charge in [0.05, 0.1) is 51.5 Å². The molecule has 120 heavy (non-hydrogen) atoms. The van der Waals surface area contributed by atoms with Gasteiger partial charge in [0.1, 0.15) is 43.3 Å². The number of carbonyl (C=O) groups is 2. The summed E-state index contributed by atoms with van der Waals surface area (Å²) in [7, 11) is 0.253. The van der Waals surface area contributed by atoms with Gasteiger partial charge >= 0.3 is 28.8 Å². The molecule has 9 heterocycles. The molecule has 5 saturated heterocycles. The van der Waals surface area contributed by atoms with Crippen LogP contribution in [0.2, 0.25) is 0 Å². The number of anilines is 4. The maximum absolute atomic E-state index is 13.2. The van der Waals surface area contributed by atoms with Crippen LogP contribution >= 0.6 is 22.8 Å². The summed E-state index contributed by atoms with van der Waals surface area (Å²) >= 11 is 0. The number of aryl methyl sites for hydroxylation is 2. The highest BCUT2D eigenvalue weighted by Gasteiger charge is 2.51. The van der Waals surface area contributed by atoms with E-state index in [4.69, 9.17) is 62.0 Å².